The van der Waals surface area contributed by atoms with Crippen LogP contribution in [-0.2, 0) is 27.7 Å². The third-order valence-corrected chi connectivity index (χ3v) is 11.4. The molecule has 20 heteroatoms. The van der Waals surface area contributed by atoms with Crippen LogP contribution in [0.3, 0.4) is 0 Å². The molecule has 3 aromatic rings. The highest BCUT2D eigenvalue weighted by Gasteiger charge is 2.46. The zero-order valence-corrected chi connectivity index (χ0v) is 24.9. The second-order valence-corrected chi connectivity index (χ2v) is 14.8. The van der Waals surface area contributed by atoms with Gasteiger partial charge in [0.2, 0.25) is 5.91 Å². The van der Waals surface area contributed by atoms with E-state index in [1.807, 2.05) is 0 Å². The third-order valence-electron chi connectivity index (χ3n) is 7.45. The van der Waals surface area contributed by atoms with Crippen LogP contribution in [0, 0.1) is 5.92 Å². The molecule has 0 aliphatic carbocycles. The zero-order valence-electron chi connectivity index (χ0n) is 23.1. The minimum atomic E-state index is -4.81. The Bertz CT molecular complexity index is 1630. The Kier molecular flexibility index (Phi) is 9.24. The number of carbonyl (C=O) groups excluding carboxylic acids is 1. The summed E-state index contributed by atoms with van der Waals surface area (Å²) < 4.78 is 48.4. The molecule has 2 aromatic heterocycles. The van der Waals surface area contributed by atoms with Crippen molar-refractivity contribution in [3.8, 4) is 0 Å². The molecule has 2 fully saturated rings. The lowest BCUT2D eigenvalue weighted by atomic mass is 10.00. The fourth-order valence-electron chi connectivity index (χ4n) is 5.12. The van der Waals surface area contributed by atoms with Gasteiger partial charge >= 0.3 is 15.2 Å². The fraction of sp³-hybridized carbons (Fsp3) is 0.500. The number of nitrogens with two attached hydrogens (primary N) is 2. The van der Waals surface area contributed by atoms with Gasteiger partial charge in [0.05, 0.1) is 25.6 Å². The number of imidazole rings is 1. The Hall–Kier alpha value is -2.86. The van der Waals surface area contributed by atoms with Crippen molar-refractivity contribution in [1.29, 1.82) is 0 Å². The Labute approximate surface area is 249 Å². The van der Waals surface area contributed by atoms with Gasteiger partial charge in [-0.05, 0) is 17.7 Å². The summed E-state index contributed by atoms with van der Waals surface area (Å²) in [6.07, 6.45) is -5.84. The van der Waals surface area contributed by atoms with E-state index in [0.29, 0.717) is 16.7 Å². The van der Waals surface area contributed by atoms with E-state index in [1.54, 1.807) is 6.92 Å². The van der Waals surface area contributed by atoms with Crippen LogP contribution in [0.15, 0.2) is 36.9 Å². The van der Waals surface area contributed by atoms with Gasteiger partial charge in [-0.1, -0.05) is 19.1 Å². The van der Waals surface area contributed by atoms with E-state index in [0.717, 1.165) is 0 Å². The summed E-state index contributed by atoms with van der Waals surface area (Å²) >= 11 is 0. The van der Waals surface area contributed by atoms with Crippen LogP contribution in [0.5, 0.6) is 0 Å². The molecular formula is C24H32N6O12P2. The highest BCUT2D eigenvalue weighted by atomic mass is 31.2. The van der Waals surface area contributed by atoms with Crippen molar-refractivity contribution in [1.82, 2.24) is 19.5 Å². The zero-order chi connectivity index (χ0) is 32.0. The van der Waals surface area contributed by atoms with Crippen molar-refractivity contribution in [2.45, 2.75) is 49.8 Å². The lowest BCUT2D eigenvalue weighted by Crippen LogP contribution is -2.33. The van der Waals surface area contributed by atoms with E-state index in [4.69, 9.17) is 30.0 Å². The summed E-state index contributed by atoms with van der Waals surface area (Å²) in [5, 5.41) is 31.6. The number of nitrogen functional groups attached to an aromatic ring is 1. The summed E-state index contributed by atoms with van der Waals surface area (Å²) in [5.74, 6) is -2.43. The van der Waals surface area contributed by atoms with Gasteiger partial charge in [-0.25, -0.2) is 15.0 Å². The molecule has 9 N–H and O–H groups in total. The first-order valence-corrected chi connectivity index (χ1v) is 16.8. The minimum Gasteiger partial charge on any atom is -0.390 e. The normalized spacial score (nSPS) is 31.6. The molecular weight excluding hydrogens is 626 g/mol. The topological polar surface area (TPSA) is 285 Å². The molecule has 1 amide bonds. The lowest BCUT2D eigenvalue weighted by molar-refractivity contribution is -0.0412. The smallest absolute Gasteiger partial charge is 0.340 e. The molecule has 2 saturated heterocycles. The SMILES string of the molecule is CC1[C@@H](O)[C@@H](COP(=O)(O)CP(=O)(O)OC[C@H]2O[C@@H](c3cccc(C(N)=O)c3)[C@@H](O)C2O)O[C@H]1n1cnc2c(N)ncnc21. The van der Waals surface area contributed by atoms with Crippen LogP contribution in [0.2, 0.25) is 0 Å². The first kappa shape index (κ1) is 32.5. The molecule has 0 bridgehead atoms. The van der Waals surface area contributed by atoms with E-state index < -0.39 is 89.0 Å². The second-order valence-electron chi connectivity index (χ2n) is 10.6. The van der Waals surface area contributed by atoms with Crippen molar-refractivity contribution in [2.75, 3.05) is 24.9 Å². The average Bonchev–Trinajstić information content (AvgIpc) is 3.61. The largest absolute Gasteiger partial charge is 0.390 e. The number of rotatable bonds is 11. The predicted molar refractivity (Wildman–Crippen MR) is 150 cm³/mol. The number of nitrogens with zero attached hydrogens (tertiary/aromatic N) is 4. The summed E-state index contributed by atoms with van der Waals surface area (Å²) in [4.78, 5) is 44.2. The van der Waals surface area contributed by atoms with Crippen molar-refractivity contribution in [3.05, 3.63) is 48.0 Å². The number of anilines is 1. The molecule has 240 valence electrons. The monoisotopic (exact) mass is 658 g/mol. The number of amides is 1. The van der Waals surface area contributed by atoms with E-state index in [1.165, 1.54) is 41.5 Å². The Morgan fingerprint density at radius 2 is 1.66 bits per heavy atom. The van der Waals surface area contributed by atoms with E-state index in [-0.39, 0.29) is 11.4 Å². The van der Waals surface area contributed by atoms with Gasteiger partial charge in [-0.2, -0.15) is 0 Å². The third kappa shape index (κ3) is 6.71. The van der Waals surface area contributed by atoms with Crippen LogP contribution in [-0.4, -0.2) is 100 Å². The fourth-order valence-corrected chi connectivity index (χ4v) is 8.34. The van der Waals surface area contributed by atoms with Gasteiger partial charge in [0.1, 0.15) is 48.6 Å². The van der Waals surface area contributed by atoms with E-state index in [9.17, 15) is 39.0 Å². The standard InChI is InChI=1S/C24H32N6O12P2/c1-11-17(31)14(42-24(11)30-9-29-16-21(25)27-8-28-23(16)30)6-39-43(35,36)10-44(37,38)40-7-15-18(32)19(33)20(41-15)12-3-2-4-13(5-12)22(26)34/h2-5,8-9,11,14-15,17-20,24,31-33H,6-7,10H2,1H3,(H2,26,34)(H,35,36)(H,37,38)(H2,25,27,28)/t11?,14-,15-,17-,18?,19+,20+,24-/m1/s1. The Morgan fingerprint density at radius 1 is 1.00 bits per heavy atom. The summed E-state index contributed by atoms with van der Waals surface area (Å²) in [6, 6.07) is 5.86. The van der Waals surface area contributed by atoms with Crippen molar-refractivity contribution >= 4 is 38.1 Å². The summed E-state index contributed by atoms with van der Waals surface area (Å²) in [5.41, 5.74) is 12.2. The van der Waals surface area contributed by atoms with Crippen LogP contribution in [0.4, 0.5) is 5.82 Å². The van der Waals surface area contributed by atoms with E-state index >= 15 is 0 Å². The van der Waals surface area contributed by atoms with Gasteiger partial charge < -0.3 is 55.1 Å². The number of primary amides is 1. The van der Waals surface area contributed by atoms with E-state index in [2.05, 4.69) is 15.0 Å². The molecule has 0 saturated carbocycles. The van der Waals surface area contributed by atoms with Gasteiger partial charge in [0, 0.05) is 11.5 Å². The van der Waals surface area contributed by atoms with Gasteiger partial charge in [-0.3, -0.25) is 18.5 Å². The molecule has 5 rings (SSSR count). The number of aliphatic hydroxyl groups excluding tert-OH is 3. The molecule has 1 aromatic carbocycles. The van der Waals surface area contributed by atoms with Crippen LogP contribution >= 0.6 is 15.2 Å². The first-order chi connectivity index (χ1) is 20.7. The maximum absolute atomic E-state index is 12.7. The van der Waals surface area contributed by atoms with Crippen LogP contribution in [0.1, 0.15) is 35.2 Å². The Balaban J connectivity index is 1.16. The summed E-state index contributed by atoms with van der Waals surface area (Å²) in [6.45, 7) is 0.340. The average molecular weight is 658 g/mol. The highest BCUT2D eigenvalue weighted by molar-refractivity contribution is 7.70. The molecule has 10 atom stereocenters. The van der Waals surface area contributed by atoms with Crippen molar-refractivity contribution < 1.29 is 57.6 Å². The number of aliphatic hydroxyl groups is 3. The van der Waals surface area contributed by atoms with Crippen molar-refractivity contribution in [3.63, 3.8) is 0 Å². The van der Waals surface area contributed by atoms with Gasteiger partial charge in [0.25, 0.3) is 0 Å². The molecule has 18 nitrogen and oxygen atoms in total. The molecule has 0 spiro atoms. The molecule has 2 aliphatic rings. The molecule has 44 heavy (non-hydrogen) atoms. The quantitative estimate of drug-likeness (QED) is 0.129. The van der Waals surface area contributed by atoms with Crippen LogP contribution in [0.25, 0.3) is 11.2 Å². The lowest BCUT2D eigenvalue weighted by Gasteiger charge is -2.21. The number of carbonyl (C=O) groups is 1. The number of aromatic nitrogens is 4. The summed E-state index contributed by atoms with van der Waals surface area (Å²) in [7, 11) is -9.60. The molecule has 0 radical (unpaired) electrons. The molecule has 4 unspecified atom stereocenters. The number of hydrogen-bond donors (Lipinski definition) is 7. The van der Waals surface area contributed by atoms with Crippen LogP contribution < -0.4 is 11.5 Å². The number of benzene rings is 1. The van der Waals surface area contributed by atoms with Gasteiger partial charge in [0.15, 0.2) is 17.4 Å². The van der Waals surface area contributed by atoms with Gasteiger partial charge in [-0.15, -0.1) is 0 Å². The van der Waals surface area contributed by atoms with Crippen molar-refractivity contribution in [2.24, 2.45) is 11.7 Å². The first-order valence-electron chi connectivity index (χ1n) is 13.3. The number of hydrogen-bond acceptors (Lipinski definition) is 14. The minimum absolute atomic E-state index is 0.140. The maximum Gasteiger partial charge on any atom is 0.340 e. The molecule has 2 aliphatic heterocycles. The maximum atomic E-state index is 12.7. The Morgan fingerprint density at radius 3 is 2.32 bits per heavy atom. The molecule has 4 heterocycles. The number of ether oxygens (including phenoxy) is 2. The number of fused-ring (bicyclic) bond motifs is 1. The predicted octanol–water partition coefficient (Wildman–Crippen LogP) is -0.375. The second kappa shape index (κ2) is 12.5. The highest BCUT2D eigenvalue weighted by Crippen LogP contribution is 2.59.